The highest BCUT2D eigenvalue weighted by Crippen LogP contribution is 2.26. The van der Waals surface area contributed by atoms with E-state index in [0.29, 0.717) is 11.3 Å². The van der Waals surface area contributed by atoms with Crippen LogP contribution in [0.1, 0.15) is 26.5 Å². The van der Waals surface area contributed by atoms with Crippen molar-refractivity contribution in [3.05, 3.63) is 51.7 Å². The largest absolute Gasteiger partial charge is 0.457 e. The first-order valence-electron chi connectivity index (χ1n) is 9.72. The van der Waals surface area contributed by atoms with Crippen molar-refractivity contribution < 1.29 is 27.5 Å². The lowest BCUT2D eigenvalue weighted by molar-refractivity contribution is -0.147. The Morgan fingerprint density at radius 3 is 2.58 bits per heavy atom. The molecule has 1 atom stereocenters. The van der Waals surface area contributed by atoms with E-state index in [1.165, 1.54) is 11.3 Å². The normalized spacial score (nSPS) is 16.5. The van der Waals surface area contributed by atoms with Gasteiger partial charge in [0, 0.05) is 30.1 Å². The van der Waals surface area contributed by atoms with Gasteiger partial charge < -0.3 is 9.64 Å². The number of amides is 1. The molecule has 1 fully saturated rings. The number of hydrogen-bond donors (Lipinski definition) is 1. The van der Waals surface area contributed by atoms with Gasteiger partial charge in [-0.15, -0.1) is 11.3 Å². The van der Waals surface area contributed by atoms with E-state index in [4.69, 9.17) is 4.74 Å². The van der Waals surface area contributed by atoms with Gasteiger partial charge in [0.05, 0.1) is 17.1 Å². The molecule has 0 spiro atoms. The summed E-state index contributed by atoms with van der Waals surface area (Å²) in [5.41, 5.74) is 1.81. The SMILES string of the molecule is Cc1ccc(N2C[C@H](C(=O)OCC(=O)c3ccc(CCNS(C)(=O)=O)s3)CC2=O)cc1. The van der Waals surface area contributed by atoms with Crippen molar-refractivity contribution in [3.63, 3.8) is 0 Å². The molecule has 0 aliphatic carbocycles. The van der Waals surface area contributed by atoms with Crippen molar-refractivity contribution in [2.75, 3.05) is 30.9 Å². The van der Waals surface area contributed by atoms with E-state index in [1.54, 1.807) is 17.0 Å². The number of aryl methyl sites for hydroxylation is 1. The van der Waals surface area contributed by atoms with Crippen LogP contribution in [0.15, 0.2) is 36.4 Å². The highest BCUT2D eigenvalue weighted by molar-refractivity contribution is 7.88. The standard InChI is InChI=1S/C21H24N2O6S2/c1-14-3-5-16(6-4-14)23-12-15(11-20(23)25)21(26)29-13-18(24)19-8-7-17(30-19)9-10-22-31(2,27)28/h3-8,15,22H,9-13H2,1-2H3/t15-/m1/s1. The number of rotatable bonds is 9. The molecule has 8 nitrogen and oxygen atoms in total. The molecular formula is C21H24N2O6S2. The number of nitrogens with zero attached hydrogens (tertiary/aromatic N) is 1. The minimum absolute atomic E-state index is 0.0530. The zero-order valence-corrected chi connectivity index (χ0v) is 18.9. The molecule has 2 heterocycles. The Morgan fingerprint density at radius 2 is 1.90 bits per heavy atom. The number of esters is 1. The van der Waals surface area contributed by atoms with Gasteiger partial charge in [0.15, 0.2) is 6.61 Å². The lowest BCUT2D eigenvalue weighted by Crippen LogP contribution is -2.27. The number of anilines is 1. The lowest BCUT2D eigenvalue weighted by atomic mass is 10.1. The fourth-order valence-corrected chi connectivity index (χ4v) is 4.59. The van der Waals surface area contributed by atoms with E-state index in [-0.39, 0.29) is 31.2 Å². The molecule has 1 aliphatic rings. The summed E-state index contributed by atoms with van der Waals surface area (Å²) in [5.74, 6) is -1.66. The van der Waals surface area contributed by atoms with E-state index in [0.717, 1.165) is 22.4 Å². The molecule has 0 bridgehead atoms. The monoisotopic (exact) mass is 464 g/mol. The topological polar surface area (TPSA) is 110 Å². The van der Waals surface area contributed by atoms with E-state index in [2.05, 4.69) is 4.72 Å². The molecule has 0 saturated carbocycles. The van der Waals surface area contributed by atoms with Gasteiger partial charge in [-0.05, 0) is 37.6 Å². The molecule has 2 aromatic rings. The van der Waals surface area contributed by atoms with Crippen LogP contribution in [0.4, 0.5) is 5.69 Å². The molecule has 1 aromatic carbocycles. The molecule has 1 aromatic heterocycles. The Kier molecular flexibility index (Phi) is 7.24. The quantitative estimate of drug-likeness (QED) is 0.449. The van der Waals surface area contributed by atoms with Gasteiger partial charge in [-0.25, -0.2) is 13.1 Å². The Bertz CT molecular complexity index is 1080. The van der Waals surface area contributed by atoms with Crippen LogP contribution in [0.25, 0.3) is 0 Å². The Morgan fingerprint density at radius 1 is 1.19 bits per heavy atom. The fourth-order valence-electron chi connectivity index (χ4n) is 3.19. The van der Waals surface area contributed by atoms with E-state index < -0.39 is 28.5 Å². The van der Waals surface area contributed by atoms with Crippen LogP contribution in [-0.2, 0) is 30.8 Å². The first kappa shape index (κ1) is 23.1. The fraction of sp³-hybridized carbons (Fsp3) is 0.381. The van der Waals surface area contributed by atoms with Crippen LogP contribution in [0.3, 0.4) is 0 Å². The van der Waals surface area contributed by atoms with Crippen LogP contribution in [0.2, 0.25) is 0 Å². The maximum atomic E-state index is 12.4. The third-order valence-corrected chi connectivity index (χ3v) is 6.74. The first-order chi connectivity index (χ1) is 14.6. The summed E-state index contributed by atoms with van der Waals surface area (Å²) in [7, 11) is -3.26. The van der Waals surface area contributed by atoms with Crippen molar-refractivity contribution >= 4 is 44.7 Å². The van der Waals surface area contributed by atoms with Crippen LogP contribution in [-0.4, -0.2) is 52.0 Å². The van der Waals surface area contributed by atoms with Crippen molar-refractivity contribution in [2.24, 2.45) is 5.92 Å². The van der Waals surface area contributed by atoms with Gasteiger partial charge in [-0.1, -0.05) is 17.7 Å². The van der Waals surface area contributed by atoms with Gasteiger partial charge in [0.25, 0.3) is 0 Å². The molecule has 1 saturated heterocycles. The number of carbonyl (C=O) groups excluding carboxylic acids is 3. The van der Waals surface area contributed by atoms with Crippen molar-refractivity contribution in [1.29, 1.82) is 0 Å². The highest BCUT2D eigenvalue weighted by atomic mass is 32.2. The molecule has 166 valence electrons. The van der Waals surface area contributed by atoms with Crippen LogP contribution in [0.5, 0.6) is 0 Å². The Hall–Kier alpha value is -2.56. The Labute approximate surface area is 185 Å². The second-order valence-electron chi connectivity index (χ2n) is 7.45. The number of ether oxygens (including phenoxy) is 1. The highest BCUT2D eigenvalue weighted by Gasteiger charge is 2.36. The molecule has 1 amide bonds. The average molecular weight is 465 g/mol. The zero-order chi connectivity index (χ0) is 22.6. The van der Waals surface area contributed by atoms with Crippen molar-refractivity contribution in [3.8, 4) is 0 Å². The third-order valence-electron chi connectivity index (χ3n) is 4.82. The van der Waals surface area contributed by atoms with E-state index in [9.17, 15) is 22.8 Å². The summed E-state index contributed by atoms with van der Waals surface area (Å²) < 4.78 is 29.8. The summed E-state index contributed by atoms with van der Waals surface area (Å²) in [5, 5.41) is 0. The molecule has 1 N–H and O–H groups in total. The minimum Gasteiger partial charge on any atom is -0.457 e. The number of hydrogen-bond acceptors (Lipinski definition) is 7. The predicted octanol–water partition coefficient (Wildman–Crippen LogP) is 1.93. The van der Waals surface area contributed by atoms with Crippen LogP contribution < -0.4 is 9.62 Å². The summed E-state index contributed by atoms with van der Waals surface area (Å²) >= 11 is 1.24. The van der Waals surface area contributed by atoms with E-state index in [1.807, 2.05) is 31.2 Å². The van der Waals surface area contributed by atoms with Crippen molar-refractivity contribution in [1.82, 2.24) is 4.72 Å². The summed E-state index contributed by atoms with van der Waals surface area (Å²) in [6.45, 7) is 2.03. The third kappa shape index (κ3) is 6.46. The number of carbonyl (C=O) groups is 3. The number of Topliss-reactive ketones (excluding diaryl/α,β-unsaturated/α-hetero) is 1. The van der Waals surface area contributed by atoms with E-state index >= 15 is 0 Å². The molecule has 1 aliphatic heterocycles. The van der Waals surface area contributed by atoms with Gasteiger partial charge >= 0.3 is 5.97 Å². The van der Waals surface area contributed by atoms with Gasteiger partial charge in [0.1, 0.15) is 0 Å². The number of sulfonamides is 1. The predicted molar refractivity (Wildman–Crippen MR) is 118 cm³/mol. The summed E-state index contributed by atoms with van der Waals surface area (Å²) in [6, 6.07) is 10.9. The smallest absolute Gasteiger partial charge is 0.311 e. The second kappa shape index (κ2) is 9.71. The molecular weight excluding hydrogens is 440 g/mol. The van der Waals surface area contributed by atoms with Gasteiger partial charge in [0.2, 0.25) is 21.7 Å². The summed E-state index contributed by atoms with van der Waals surface area (Å²) in [6.07, 6.45) is 1.60. The number of ketones is 1. The zero-order valence-electron chi connectivity index (χ0n) is 17.3. The van der Waals surface area contributed by atoms with Gasteiger partial charge in [-0.3, -0.25) is 14.4 Å². The maximum absolute atomic E-state index is 12.4. The molecule has 10 heteroatoms. The lowest BCUT2D eigenvalue weighted by Gasteiger charge is -2.16. The molecule has 31 heavy (non-hydrogen) atoms. The number of nitrogens with one attached hydrogen (secondary N) is 1. The van der Waals surface area contributed by atoms with Crippen LogP contribution >= 0.6 is 11.3 Å². The maximum Gasteiger partial charge on any atom is 0.311 e. The van der Waals surface area contributed by atoms with Gasteiger partial charge in [-0.2, -0.15) is 0 Å². The summed E-state index contributed by atoms with van der Waals surface area (Å²) in [4.78, 5) is 39.9. The molecule has 0 radical (unpaired) electrons. The number of benzene rings is 1. The molecule has 0 unspecified atom stereocenters. The molecule has 3 rings (SSSR count). The van der Waals surface area contributed by atoms with Crippen LogP contribution in [0, 0.1) is 12.8 Å². The Balaban J connectivity index is 1.49. The average Bonchev–Trinajstić information content (AvgIpc) is 3.32. The van der Waals surface area contributed by atoms with Crippen molar-refractivity contribution in [2.45, 2.75) is 19.8 Å². The minimum atomic E-state index is -3.26. The first-order valence-corrected chi connectivity index (χ1v) is 12.4. The number of thiophene rings is 1. The second-order valence-corrected chi connectivity index (χ2v) is 10.5.